The highest BCUT2D eigenvalue weighted by Gasteiger charge is 2.19. The lowest BCUT2D eigenvalue weighted by molar-refractivity contribution is 0.110. The second-order valence-corrected chi connectivity index (χ2v) is 3.66. The van der Waals surface area contributed by atoms with Crippen LogP contribution in [0.15, 0.2) is 0 Å². The van der Waals surface area contributed by atoms with Gasteiger partial charge in [-0.05, 0) is 44.9 Å². The van der Waals surface area contributed by atoms with Gasteiger partial charge in [-0.3, -0.25) is 0 Å². The summed E-state index contributed by atoms with van der Waals surface area (Å²) in [4.78, 5) is 0. The van der Waals surface area contributed by atoms with Crippen molar-refractivity contribution < 1.29 is 5.11 Å². The van der Waals surface area contributed by atoms with Crippen LogP contribution in [0, 0.1) is 11.3 Å². The minimum Gasteiger partial charge on any atom is -0.393 e. The third kappa shape index (κ3) is 3.02. The summed E-state index contributed by atoms with van der Waals surface area (Å²) < 4.78 is 0. The highest BCUT2D eigenvalue weighted by Crippen LogP contribution is 2.26. The first-order valence-corrected chi connectivity index (χ1v) is 4.40. The molecule has 0 bridgehead atoms. The lowest BCUT2D eigenvalue weighted by atomic mass is 9.84. The molecular formula is C9H17NO. The van der Waals surface area contributed by atoms with Crippen molar-refractivity contribution >= 4 is 5.71 Å². The Kier molecular flexibility index (Phi) is 3.06. The number of hydrogen-bond donors (Lipinski definition) is 2. The van der Waals surface area contributed by atoms with E-state index >= 15 is 0 Å². The van der Waals surface area contributed by atoms with Gasteiger partial charge in [0, 0.05) is 5.71 Å². The molecule has 1 rings (SSSR count). The molecule has 0 amide bonds. The van der Waals surface area contributed by atoms with E-state index in [9.17, 15) is 5.11 Å². The predicted octanol–water partition coefficient (Wildman–Crippen LogP) is 1.97. The van der Waals surface area contributed by atoms with Crippen LogP contribution in [0.3, 0.4) is 0 Å². The molecule has 1 aliphatic rings. The number of aliphatic hydroxyl groups is 1. The van der Waals surface area contributed by atoms with Gasteiger partial charge in [0.1, 0.15) is 0 Å². The highest BCUT2D eigenvalue weighted by molar-refractivity contribution is 5.78. The van der Waals surface area contributed by atoms with Crippen LogP contribution < -0.4 is 0 Å². The average molecular weight is 155 g/mol. The SMILES string of the molecule is CC(=N)CC1CCC(O)CC1. The fourth-order valence-corrected chi connectivity index (χ4v) is 1.78. The maximum Gasteiger partial charge on any atom is 0.0540 e. The Labute approximate surface area is 68.1 Å². The summed E-state index contributed by atoms with van der Waals surface area (Å²) >= 11 is 0. The van der Waals surface area contributed by atoms with E-state index in [1.807, 2.05) is 6.92 Å². The Morgan fingerprint density at radius 2 is 1.91 bits per heavy atom. The number of aliphatic hydroxyl groups excluding tert-OH is 1. The van der Waals surface area contributed by atoms with Crippen molar-refractivity contribution in [3.05, 3.63) is 0 Å². The molecule has 64 valence electrons. The monoisotopic (exact) mass is 155 g/mol. The molecule has 0 spiro atoms. The molecule has 2 heteroatoms. The first-order chi connectivity index (χ1) is 5.18. The first kappa shape index (κ1) is 8.72. The van der Waals surface area contributed by atoms with Crippen LogP contribution in [0.2, 0.25) is 0 Å². The minimum atomic E-state index is -0.0581. The van der Waals surface area contributed by atoms with Crippen molar-refractivity contribution in [1.29, 1.82) is 5.41 Å². The van der Waals surface area contributed by atoms with Crippen LogP contribution in [0.5, 0.6) is 0 Å². The van der Waals surface area contributed by atoms with E-state index in [1.54, 1.807) is 0 Å². The number of hydrogen-bond acceptors (Lipinski definition) is 2. The average Bonchev–Trinajstić information content (AvgIpc) is 1.93. The Morgan fingerprint density at radius 3 is 2.36 bits per heavy atom. The van der Waals surface area contributed by atoms with Gasteiger partial charge < -0.3 is 10.5 Å². The molecule has 0 unspecified atom stereocenters. The zero-order valence-electron chi connectivity index (χ0n) is 7.14. The molecular weight excluding hydrogens is 138 g/mol. The molecule has 0 radical (unpaired) electrons. The van der Waals surface area contributed by atoms with E-state index in [-0.39, 0.29) is 6.10 Å². The summed E-state index contributed by atoms with van der Waals surface area (Å²) in [6, 6.07) is 0. The molecule has 0 saturated heterocycles. The van der Waals surface area contributed by atoms with Gasteiger partial charge in [-0.1, -0.05) is 0 Å². The van der Waals surface area contributed by atoms with Gasteiger partial charge >= 0.3 is 0 Å². The van der Waals surface area contributed by atoms with E-state index < -0.39 is 0 Å². The van der Waals surface area contributed by atoms with Crippen molar-refractivity contribution in [2.75, 3.05) is 0 Å². The van der Waals surface area contributed by atoms with Gasteiger partial charge in [0.2, 0.25) is 0 Å². The van der Waals surface area contributed by atoms with Gasteiger partial charge in [-0.25, -0.2) is 0 Å². The molecule has 0 aromatic heterocycles. The van der Waals surface area contributed by atoms with Gasteiger partial charge in [0.15, 0.2) is 0 Å². The Morgan fingerprint density at radius 1 is 1.36 bits per heavy atom. The van der Waals surface area contributed by atoms with E-state index in [1.165, 1.54) is 0 Å². The third-order valence-electron chi connectivity index (χ3n) is 2.41. The standard InChI is InChI=1S/C9H17NO/c1-7(10)6-8-2-4-9(11)5-3-8/h8-11H,2-6H2,1H3. The van der Waals surface area contributed by atoms with E-state index in [0.29, 0.717) is 5.92 Å². The van der Waals surface area contributed by atoms with Gasteiger partial charge in [-0.2, -0.15) is 0 Å². The van der Waals surface area contributed by atoms with Crippen molar-refractivity contribution in [2.45, 2.75) is 45.1 Å². The van der Waals surface area contributed by atoms with Crippen LogP contribution in [-0.4, -0.2) is 16.9 Å². The van der Waals surface area contributed by atoms with Gasteiger partial charge in [0.25, 0.3) is 0 Å². The van der Waals surface area contributed by atoms with Crippen molar-refractivity contribution in [1.82, 2.24) is 0 Å². The van der Waals surface area contributed by atoms with Crippen LogP contribution in [0.1, 0.15) is 39.0 Å². The molecule has 0 aromatic rings. The first-order valence-electron chi connectivity index (χ1n) is 4.40. The number of nitrogens with one attached hydrogen (secondary N) is 1. The van der Waals surface area contributed by atoms with E-state index in [2.05, 4.69) is 0 Å². The summed E-state index contributed by atoms with van der Waals surface area (Å²) in [7, 11) is 0. The summed E-state index contributed by atoms with van der Waals surface area (Å²) in [5.74, 6) is 0.677. The van der Waals surface area contributed by atoms with Crippen LogP contribution >= 0.6 is 0 Å². The summed E-state index contributed by atoms with van der Waals surface area (Å²) in [5.41, 5.74) is 0.784. The van der Waals surface area contributed by atoms with Gasteiger partial charge in [-0.15, -0.1) is 0 Å². The molecule has 1 aliphatic carbocycles. The minimum absolute atomic E-state index is 0.0581. The van der Waals surface area contributed by atoms with Crippen molar-refractivity contribution in [3.8, 4) is 0 Å². The zero-order valence-corrected chi connectivity index (χ0v) is 7.14. The van der Waals surface area contributed by atoms with Crippen molar-refractivity contribution in [3.63, 3.8) is 0 Å². The molecule has 2 nitrogen and oxygen atoms in total. The van der Waals surface area contributed by atoms with Crippen molar-refractivity contribution in [2.24, 2.45) is 5.92 Å². The molecule has 0 heterocycles. The van der Waals surface area contributed by atoms with E-state index in [0.717, 1.165) is 37.8 Å². The maximum absolute atomic E-state index is 9.21. The second-order valence-electron chi connectivity index (χ2n) is 3.66. The zero-order chi connectivity index (χ0) is 8.27. The normalized spacial score (nSPS) is 31.8. The van der Waals surface area contributed by atoms with Crippen LogP contribution in [0.4, 0.5) is 0 Å². The van der Waals surface area contributed by atoms with E-state index in [4.69, 9.17) is 5.41 Å². The largest absolute Gasteiger partial charge is 0.393 e. The molecule has 1 fully saturated rings. The summed E-state index contributed by atoms with van der Waals surface area (Å²) in [5, 5.41) is 16.5. The lowest BCUT2D eigenvalue weighted by Gasteiger charge is -2.24. The Balaban J connectivity index is 2.22. The second kappa shape index (κ2) is 3.86. The van der Waals surface area contributed by atoms with Gasteiger partial charge in [0.05, 0.1) is 6.10 Å². The molecule has 1 saturated carbocycles. The third-order valence-corrected chi connectivity index (χ3v) is 2.41. The smallest absolute Gasteiger partial charge is 0.0540 e. The quantitative estimate of drug-likeness (QED) is 0.588. The topological polar surface area (TPSA) is 44.1 Å². The highest BCUT2D eigenvalue weighted by atomic mass is 16.3. The lowest BCUT2D eigenvalue weighted by Crippen LogP contribution is -2.19. The Hall–Kier alpha value is -0.370. The molecule has 2 N–H and O–H groups in total. The summed E-state index contributed by atoms with van der Waals surface area (Å²) in [6.45, 7) is 1.87. The van der Waals surface area contributed by atoms with Crippen LogP contribution in [-0.2, 0) is 0 Å². The predicted molar refractivity (Wildman–Crippen MR) is 46.0 cm³/mol. The fourth-order valence-electron chi connectivity index (χ4n) is 1.78. The molecule has 0 atom stereocenters. The Bertz CT molecular complexity index is 136. The van der Waals surface area contributed by atoms with Crippen LogP contribution in [0.25, 0.3) is 0 Å². The fraction of sp³-hybridized carbons (Fsp3) is 0.889. The number of rotatable bonds is 2. The maximum atomic E-state index is 9.21. The molecule has 11 heavy (non-hydrogen) atoms. The molecule has 0 aromatic carbocycles. The molecule has 0 aliphatic heterocycles. The summed E-state index contributed by atoms with van der Waals surface area (Å²) in [6.07, 6.45) is 4.98.